The number of hydrogen-bond acceptors (Lipinski definition) is 3. The van der Waals surface area contributed by atoms with Crippen molar-refractivity contribution in [2.75, 3.05) is 26.2 Å². The number of carboxylic acid groups (broad SMARTS) is 1. The van der Waals surface area contributed by atoms with Gasteiger partial charge in [0.25, 0.3) is 0 Å². The maximum Gasteiger partial charge on any atom is 0.335 e. The van der Waals surface area contributed by atoms with Crippen LogP contribution in [0.4, 0.5) is 8.78 Å². The number of halogens is 2. The van der Waals surface area contributed by atoms with Crippen molar-refractivity contribution in [2.24, 2.45) is 0 Å². The van der Waals surface area contributed by atoms with Crippen LogP contribution in [0, 0.1) is 11.6 Å². The zero-order chi connectivity index (χ0) is 13.8. The summed E-state index contributed by atoms with van der Waals surface area (Å²) in [5.41, 5.74) is -0.429. The van der Waals surface area contributed by atoms with Gasteiger partial charge in [-0.15, -0.1) is 0 Å². The highest BCUT2D eigenvalue weighted by Gasteiger charge is 2.17. The van der Waals surface area contributed by atoms with E-state index in [2.05, 4.69) is 4.90 Å². The summed E-state index contributed by atoms with van der Waals surface area (Å²) in [5.74, 6) is -3.86. The Labute approximate surface area is 109 Å². The lowest BCUT2D eigenvalue weighted by Gasteiger charge is -2.15. The highest BCUT2D eigenvalue weighted by Crippen LogP contribution is 2.23. The molecule has 0 aromatic heterocycles. The number of nitrogens with zero attached hydrogens (tertiary/aromatic N) is 1. The van der Waals surface area contributed by atoms with Crippen LogP contribution >= 0.6 is 0 Å². The Morgan fingerprint density at radius 3 is 2.37 bits per heavy atom. The van der Waals surface area contributed by atoms with Crippen LogP contribution in [0.3, 0.4) is 0 Å². The average Bonchev–Trinajstić information content (AvgIpc) is 2.85. The molecular formula is C13H15F2NO3. The molecule has 1 heterocycles. The molecule has 1 saturated heterocycles. The van der Waals surface area contributed by atoms with Gasteiger partial charge in [-0.05, 0) is 38.1 Å². The fraction of sp³-hybridized carbons (Fsp3) is 0.462. The minimum atomic E-state index is -1.37. The zero-order valence-corrected chi connectivity index (χ0v) is 10.4. The molecule has 1 aliphatic rings. The lowest BCUT2D eigenvalue weighted by Crippen LogP contribution is -2.25. The maximum atomic E-state index is 13.5. The van der Waals surface area contributed by atoms with E-state index in [-0.39, 0.29) is 6.61 Å². The SMILES string of the molecule is O=C(O)c1cc(F)c(OCCN2CCCC2)c(F)c1. The van der Waals surface area contributed by atoms with Gasteiger partial charge in [-0.25, -0.2) is 13.6 Å². The maximum absolute atomic E-state index is 13.5. The quantitative estimate of drug-likeness (QED) is 0.891. The van der Waals surface area contributed by atoms with Crippen LogP contribution in [0.15, 0.2) is 12.1 Å². The minimum Gasteiger partial charge on any atom is -0.486 e. The van der Waals surface area contributed by atoms with Crippen LogP contribution in [-0.2, 0) is 0 Å². The van der Waals surface area contributed by atoms with Gasteiger partial charge in [0.2, 0.25) is 0 Å². The number of benzene rings is 1. The summed E-state index contributed by atoms with van der Waals surface area (Å²) in [4.78, 5) is 12.8. The molecule has 0 atom stereocenters. The van der Waals surface area contributed by atoms with Crippen LogP contribution in [0.5, 0.6) is 5.75 Å². The zero-order valence-electron chi connectivity index (χ0n) is 10.4. The Bertz CT molecular complexity index is 450. The van der Waals surface area contributed by atoms with E-state index >= 15 is 0 Å². The Balaban J connectivity index is 1.97. The summed E-state index contributed by atoms with van der Waals surface area (Å²) in [7, 11) is 0. The molecule has 0 aliphatic carbocycles. The average molecular weight is 271 g/mol. The van der Waals surface area contributed by atoms with Crippen LogP contribution in [0.2, 0.25) is 0 Å². The third-order valence-corrected chi connectivity index (χ3v) is 3.10. The lowest BCUT2D eigenvalue weighted by atomic mass is 10.2. The third-order valence-electron chi connectivity index (χ3n) is 3.10. The number of carboxylic acids is 1. The van der Waals surface area contributed by atoms with E-state index in [4.69, 9.17) is 9.84 Å². The molecular weight excluding hydrogens is 256 g/mol. The molecule has 1 aromatic carbocycles. The third kappa shape index (κ3) is 3.41. The summed E-state index contributed by atoms with van der Waals surface area (Å²) >= 11 is 0. The molecule has 4 nitrogen and oxygen atoms in total. The Morgan fingerprint density at radius 2 is 1.84 bits per heavy atom. The highest BCUT2D eigenvalue weighted by atomic mass is 19.1. The van der Waals surface area contributed by atoms with Gasteiger partial charge in [0.15, 0.2) is 17.4 Å². The first-order valence-electron chi connectivity index (χ1n) is 6.15. The van der Waals surface area contributed by atoms with Gasteiger partial charge in [-0.1, -0.05) is 0 Å². The molecule has 6 heteroatoms. The van der Waals surface area contributed by atoms with E-state index in [1.165, 1.54) is 0 Å². The molecule has 0 unspecified atom stereocenters. The van der Waals surface area contributed by atoms with E-state index in [1.807, 2.05) is 0 Å². The summed E-state index contributed by atoms with van der Waals surface area (Å²) in [5, 5.41) is 8.66. The topological polar surface area (TPSA) is 49.8 Å². The first-order chi connectivity index (χ1) is 9.08. The van der Waals surface area contributed by atoms with Gasteiger partial charge in [-0.3, -0.25) is 4.90 Å². The Kier molecular flexibility index (Phi) is 4.31. The molecule has 2 rings (SSSR count). The predicted molar refractivity (Wildman–Crippen MR) is 64.5 cm³/mol. The van der Waals surface area contributed by atoms with Crippen molar-refractivity contribution in [2.45, 2.75) is 12.8 Å². The van der Waals surface area contributed by atoms with Crippen LogP contribution in [0.25, 0.3) is 0 Å². The fourth-order valence-corrected chi connectivity index (χ4v) is 2.10. The standard InChI is InChI=1S/C13H15F2NO3/c14-10-7-9(13(17)18)8-11(15)12(10)19-6-5-16-3-1-2-4-16/h7-8H,1-6H2,(H,17,18). The van der Waals surface area contributed by atoms with Crippen molar-refractivity contribution in [3.05, 3.63) is 29.3 Å². The molecule has 1 aliphatic heterocycles. The van der Waals surface area contributed by atoms with Crippen molar-refractivity contribution in [1.82, 2.24) is 4.90 Å². The second-order valence-electron chi connectivity index (χ2n) is 4.47. The smallest absolute Gasteiger partial charge is 0.335 e. The second-order valence-corrected chi connectivity index (χ2v) is 4.47. The van der Waals surface area contributed by atoms with E-state index in [9.17, 15) is 13.6 Å². The number of aromatic carboxylic acids is 1. The minimum absolute atomic E-state index is 0.181. The summed E-state index contributed by atoms with van der Waals surface area (Å²) in [6, 6.07) is 1.52. The van der Waals surface area contributed by atoms with E-state index < -0.39 is 28.9 Å². The molecule has 19 heavy (non-hydrogen) atoms. The van der Waals surface area contributed by atoms with Crippen molar-refractivity contribution in [3.63, 3.8) is 0 Å². The van der Waals surface area contributed by atoms with Crippen LogP contribution in [0.1, 0.15) is 23.2 Å². The molecule has 0 saturated carbocycles. The van der Waals surface area contributed by atoms with Gasteiger partial charge >= 0.3 is 5.97 Å². The molecule has 1 fully saturated rings. The molecule has 0 spiro atoms. The molecule has 0 bridgehead atoms. The predicted octanol–water partition coefficient (Wildman–Crippen LogP) is 2.14. The van der Waals surface area contributed by atoms with E-state index in [0.29, 0.717) is 6.54 Å². The fourth-order valence-electron chi connectivity index (χ4n) is 2.10. The monoisotopic (exact) mass is 271 g/mol. The lowest BCUT2D eigenvalue weighted by molar-refractivity contribution is 0.0695. The van der Waals surface area contributed by atoms with Gasteiger partial charge in [-0.2, -0.15) is 0 Å². The van der Waals surface area contributed by atoms with Crippen molar-refractivity contribution >= 4 is 5.97 Å². The summed E-state index contributed by atoms with van der Waals surface area (Å²) in [6.45, 7) is 2.75. The van der Waals surface area contributed by atoms with Gasteiger partial charge in [0.05, 0.1) is 5.56 Å². The van der Waals surface area contributed by atoms with Gasteiger partial charge in [0, 0.05) is 6.54 Å². The number of carbonyl (C=O) groups is 1. The number of ether oxygens (including phenoxy) is 1. The first-order valence-corrected chi connectivity index (χ1v) is 6.15. The molecule has 1 aromatic rings. The van der Waals surface area contributed by atoms with Gasteiger partial charge < -0.3 is 9.84 Å². The molecule has 1 N–H and O–H groups in total. The number of hydrogen-bond donors (Lipinski definition) is 1. The normalized spacial score (nSPS) is 15.7. The van der Waals surface area contributed by atoms with E-state index in [0.717, 1.165) is 38.1 Å². The molecule has 0 amide bonds. The highest BCUT2D eigenvalue weighted by molar-refractivity contribution is 5.87. The van der Waals surface area contributed by atoms with E-state index in [1.54, 1.807) is 0 Å². The molecule has 104 valence electrons. The number of rotatable bonds is 5. The van der Waals surface area contributed by atoms with Crippen molar-refractivity contribution < 1.29 is 23.4 Å². The second kappa shape index (κ2) is 5.97. The van der Waals surface area contributed by atoms with Crippen LogP contribution < -0.4 is 4.74 Å². The summed E-state index contributed by atoms with van der Waals surface area (Å²) in [6.07, 6.45) is 2.27. The van der Waals surface area contributed by atoms with Crippen molar-refractivity contribution in [3.8, 4) is 5.75 Å². The molecule has 0 radical (unpaired) electrons. The van der Waals surface area contributed by atoms with Crippen molar-refractivity contribution in [1.29, 1.82) is 0 Å². The largest absolute Gasteiger partial charge is 0.486 e. The number of likely N-dealkylation sites (tertiary alicyclic amines) is 1. The van der Waals surface area contributed by atoms with Crippen LogP contribution in [-0.4, -0.2) is 42.2 Å². The van der Waals surface area contributed by atoms with Gasteiger partial charge in [0.1, 0.15) is 6.61 Å². The summed E-state index contributed by atoms with van der Waals surface area (Å²) < 4.78 is 32.1. The first kappa shape index (κ1) is 13.7. The Hall–Kier alpha value is -1.69. The Morgan fingerprint density at radius 1 is 1.26 bits per heavy atom.